The Morgan fingerprint density at radius 1 is 0.833 bits per heavy atom. The van der Waals surface area contributed by atoms with Crippen molar-refractivity contribution in [1.29, 1.82) is 0 Å². The average molecular weight is 927 g/mol. The van der Waals surface area contributed by atoms with Gasteiger partial charge in [0.2, 0.25) is 23.6 Å². The van der Waals surface area contributed by atoms with Gasteiger partial charge in [-0.05, 0) is 74.3 Å². The van der Waals surface area contributed by atoms with E-state index in [9.17, 15) is 24.3 Å². The second-order valence-electron chi connectivity index (χ2n) is 21.6. The molecule has 66 heavy (non-hydrogen) atoms. The second kappa shape index (κ2) is 18.2. The molecule has 9 atom stereocenters. The largest absolute Gasteiger partial charge is 0.391 e. The first-order chi connectivity index (χ1) is 31.4. The molecular weight excluding hydrogens is 861 g/mol. The Hall–Kier alpha value is -5.01. The number of hydrogen-bond donors (Lipinski definition) is 3. The average Bonchev–Trinajstić information content (AvgIpc) is 4.11. The maximum absolute atomic E-state index is 14.7. The second-order valence-corrected chi connectivity index (χ2v) is 22.4. The van der Waals surface area contributed by atoms with Gasteiger partial charge in [0.25, 0.3) is 0 Å². The van der Waals surface area contributed by atoms with Crippen molar-refractivity contribution in [2.75, 3.05) is 19.6 Å². The van der Waals surface area contributed by atoms with Crippen LogP contribution in [0.4, 0.5) is 0 Å². The summed E-state index contributed by atoms with van der Waals surface area (Å²) in [6.45, 7) is 15.3. The number of carbonyl (C=O) groups is 4. The molecule has 3 aliphatic carbocycles. The Kier molecular flexibility index (Phi) is 12.7. The van der Waals surface area contributed by atoms with Gasteiger partial charge in [-0.3, -0.25) is 19.2 Å². The molecule has 0 aromatic carbocycles. The first kappa shape index (κ1) is 46.1. The molecule has 3 saturated carbocycles. The van der Waals surface area contributed by atoms with Crippen molar-refractivity contribution in [3.05, 3.63) is 64.4 Å². The van der Waals surface area contributed by atoms with Crippen LogP contribution in [0.2, 0.25) is 0 Å². The summed E-state index contributed by atoms with van der Waals surface area (Å²) in [5.74, 6) is -0.402. The van der Waals surface area contributed by atoms with E-state index in [1.165, 1.54) is 16.2 Å². The number of aryl methyl sites for hydroxylation is 2. The Bertz CT molecular complexity index is 2370. The Morgan fingerprint density at radius 3 is 2.06 bits per heavy atom. The van der Waals surface area contributed by atoms with Crippen molar-refractivity contribution in [2.24, 2.45) is 16.7 Å². The molecule has 3 unspecified atom stereocenters. The van der Waals surface area contributed by atoms with E-state index >= 15 is 0 Å². The van der Waals surface area contributed by atoms with E-state index in [1.807, 2.05) is 84.6 Å². The first-order valence-electron chi connectivity index (χ1n) is 23.8. The van der Waals surface area contributed by atoms with E-state index in [0.717, 1.165) is 55.0 Å². The van der Waals surface area contributed by atoms with Crippen molar-refractivity contribution < 1.29 is 29.0 Å². The van der Waals surface area contributed by atoms with Gasteiger partial charge in [-0.15, -0.1) is 21.5 Å². The van der Waals surface area contributed by atoms with Gasteiger partial charge in [-0.1, -0.05) is 52.0 Å². The summed E-state index contributed by atoms with van der Waals surface area (Å²) in [5, 5.41) is 37.9. The number of nitrogens with one attached hydrogen (secondary N) is 2. The highest BCUT2D eigenvalue weighted by Crippen LogP contribution is 2.46. The highest BCUT2D eigenvalue weighted by molar-refractivity contribution is 7.09. The molecule has 0 spiro atoms. The van der Waals surface area contributed by atoms with Gasteiger partial charge < -0.3 is 34.8 Å². The van der Waals surface area contributed by atoms with Crippen LogP contribution in [-0.4, -0.2) is 128 Å². The number of carbonyl (C=O) groups excluding carboxylic acids is 4. The lowest BCUT2D eigenvalue weighted by Crippen LogP contribution is -2.51. The zero-order chi connectivity index (χ0) is 46.7. The molecule has 4 aromatic heterocycles. The number of aromatic nitrogens is 8. The fourth-order valence-corrected chi connectivity index (χ4v) is 10.8. The van der Waals surface area contributed by atoms with Crippen molar-refractivity contribution in [2.45, 2.75) is 167 Å². The van der Waals surface area contributed by atoms with E-state index in [1.54, 1.807) is 20.5 Å². The SMILES string of the molecule is Cc1csc(C(NC(=O)[C@@H]2C[C@@H](O)CN2C(=O)[C@@H](n2cc(C3CC3O[C@@H]3C[C@@H](C(=O)NCCCn4cccc4)N(C(=O)[C@@H](n4cc(C5CC5)nn4)C(C)(C)C)C3)nn2)C(C)(C)C)C2CC2)n1. The zero-order valence-corrected chi connectivity index (χ0v) is 40.1. The van der Waals surface area contributed by atoms with E-state index in [-0.39, 0.29) is 61.2 Å². The Labute approximate surface area is 390 Å². The minimum atomic E-state index is -0.841. The fourth-order valence-electron chi connectivity index (χ4n) is 9.90. The lowest BCUT2D eigenvalue weighted by atomic mass is 9.85. The van der Waals surface area contributed by atoms with Crippen molar-refractivity contribution >= 4 is 35.0 Å². The molecule has 19 heteroatoms. The van der Waals surface area contributed by atoms with Crippen molar-refractivity contribution in [3.63, 3.8) is 0 Å². The molecule has 18 nitrogen and oxygen atoms in total. The summed E-state index contributed by atoms with van der Waals surface area (Å²) in [4.78, 5) is 65.2. The monoisotopic (exact) mass is 926 g/mol. The Morgan fingerprint density at radius 2 is 1.45 bits per heavy atom. The number of hydrogen-bond acceptors (Lipinski definition) is 12. The van der Waals surface area contributed by atoms with E-state index in [0.29, 0.717) is 36.9 Å². The summed E-state index contributed by atoms with van der Waals surface area (Å²) < 4.78 is 12.0. The maximum Gasteiger partial charge on any atom is 0.248 e. The molecule has 5 fully saturated rings. The Balaban J connectivity index is 0.874. The van der Waals surface area contributed by atoms with Crippen LogP contribution >= 0.6 is 11.3 Å². The molecule has 4 aromatic rings. The number of likely N-dealkylation sites (tertiary alicyclic amines) is 2. The summed E-state index contributed by atoms with van der Waals surface area (Å²) >= 11 is 1.53. The predicted octanol–water partition coefficient (Wildman–Crippen LogP) is 4.47. The van der Waals surface area contributed by atoms with Crippen LogP contribution in [0, 0.1) is 23.7 Å². The number of β-amino-alcohol motifs (C(OH)–C–C–N with tert-alkyl or cyclic N) is 1. The standard InChI is InChI=1S/C47H66N12O6S/c1-27-26-66-43(49-27)38(29-13-14-29)50-42(62)35-19-30(60)22-56(35)44(63)39(46(2,3)4)59-25-34(52-54-59)32-21-37(32)65-31-20-36(41(61)48-15-10-18-55-16-8-9-17-55)57(23-31)45(64)40(47(5,6)7)58-24-33(51-53-58)28-11-12-28/h8-9,16-17,24-26,28-32,35-40,60H,10-15,18-23H2,1-7H3,(H,48,61)(H,50,62)/t30-,31-,32?,35+,36+,37?,38?,39-,40-/m1/s1. The molecule has 2 aliphatic heterocycles. The molecule has 356 valence electrons. The van der Waals surface area contributed by atoms with Gasteiger partial charge in [0.1, 0.15) is 29.2 Å². The third-order valence-corrected chi connectivity index (χ3v) is 14.8. The minimum absolute atomic E-state index is 0.0403. The summed E-state index contributed by atoms with van der Waals surface area (Å²) in [6, 6.07) is 0.668. The van der Waals surface area contributed by atoms with Crippen LogP contribution in [0.3, 0.4) is 0 Å². The summed E-state index contributed by atoms with van der Waals surface area (Å²) in [6.07, 6.45) is 12.3. The smallest absolute Gasteiger partial charge is 0.248 e. The molecule has 3 N–H and O–H groups in total. The van der Waals surface area contributed by atoms with Crippen LogP contribution in [0.1, 0.15) is 145 Å². The zero-order valence-electron chi connectivity index (χ0n) is 39.2. The topological polar surface area (TPSA) is 208 Å². The normalized spacial score (nSPS) is 25.8. The van der Waals surface area contributed by atoms with Gasteiger partial charge >= 0.3 is 0 Å². The minimum Gasteiger partial charge on any atom is -0.391 e. The number of aliphatic hydroxyl groups is 1. The molecule has 0 bridgehead atoms. The quantitative estimate of drug-likeness (QED) is 0.126. The number of thiazole rings is 1. The molecule has 6 heterocycles. The highest BCUT2D eigenvalue weighted by Gasteiger charge is 2.51. The molecule has 5 aliphatic rings. The highest BCUT2D eigenvalue weighted by atomic mass is 32.1. The lowest BCUT2D eigenvalue weighted by molar-refractivity contribution is -0.144. The van der Waals surface area contributed by atoms with Crippen LogP contribution in [0.15, 0.2) is 42.3 Å². The number of rotatable bonds is 17. The van der Waals surface area contributed by atoms with E-state index < -0.39 is 47.2 Å². The van der Waals surface area contributed by atoms with Gasteiger partial charge in [0.15, 0.2) is 0 Å². The molecule has 9 rings (SSSR count). The van der Waals surface area contributed by atoms with Crippen molar-refractivity contribution in [3.8, 4) is 0 Å². The molecule has 2 saturated heterocycles. The summed E-state index contributed by atoms with van der Waals surface area (Å²) in [7, 11) is 0. The summed E-state index contributed by atoms with van der Waals surface area (Å²) in [5.41, 5.74) is 1.33. The lowest BCUT2D eigenvalue weighted by Gasteiger charge is -2.35. The van der Waals surface area contributed by atoms with E-state index in [2.05, 4.69) is 40.8 Å². The first-order valence-corrected chi connectivity index (χ1v) is 24.7. The number of nitrogens with zero attached hydrogens (tertiary/aromatic N) is 10. The van der Waals surface area contributed by atoms with Crippen molar-refractivity contribution in [1.82, 2.24) is 60.0 Å². The molecule has 0 radical (unpaired) electrons. The third-order valence-electron chi connectivity index (χ3n) is 13.7. The maximum atomic E-state index is 14.7. The number of ether oxygens (including phenoxy) is 1. The van der Waals surface area contributed by atoms with Crippen LogP contribution in [0.5, 0.6) is 0 Å². The predicted molar refractivity (Wildman–Crippen MR) is 244 cm³/mol. The fraction of sp³-hybridized carbons (Fsp3) is 0.681. The molecule has 4 amide bonds. The van der Waals surface area contributed by atoms with Crippen LogP contribution < -0.4 is 10.6 Å². The molecular formula is C47H66N12O6S. The van der Waals surface area contributed by atoms with Crippen LogP contribution in [0.25, 0.3) is 0 Å². The van der Waals surface area contributed by atoms with Gasteiger partial charge in [0.05, 0.1) is 35.7 Å². The van der Waals surface area contributed by atoms with Gasteiger partial charge in [-0.25, -0.2) is 14.3 Å². The third kappa shape index (κ3) is 10.1. The van der Waals surface area contributed by atoms with E-state index in [4.69, 9.17) is 4.74 Å². The number of aliphatic hydroxyl groups excluding tert-OH is 1. The van der Waals surface area contributed by atoms with Gasteiger partial charge in [0, 0.05) is 86.7 Å². The van der Waals surface area contributed by atoms with Gasteiger partial charge in [-0.2, -0.15) is 0 Å². The van der Waals surface area contributed by atoms with Crippen LogP contribution in [-0.2, 0) is 30.5 Å². The number of amides is 4.